The SMILES string of the molecule is CC1COC2CCCCCCCCC/C=C\2C1. The second-order valence-corrected chi connectivity index (χ2v) is 5.96. The molecule has 0 bridgehead atoms. The van der Waals surface area contributed by atoms with Crippen LogP contribution in [0.4, 0.5) is 0 Å². The number of hydrogen-bond acceptors (Lipinski definition) is 1. The Balaban J connectivity index is 1.93. The fraction of sp³-hybridized carbons (Fsp3) is 0.875. The molecule has 0 aromatic carbocycles. The lowest BCUT2D eigenvalue weighted by molar-refractivity contribution is 0.0198. The maximum atomic E-state index is 6.03. The molecule has 0 spiro atoms. The quantitative estimate of drug-likeness (QED) is 0.546. The van der Waals surface area contributed by atoms with Crippen molar-refractivity contribution >= 4 is 0 Å². The Bertz CT molecular complexity index is 244. The highest BCUT2D eigenvalue weighted by Gasteiger charge is 2.23. The third-order valence-corrected chi connectivity index (χ3v) is 4.16. The smallest absolute Gasteiger partial charge is 0.0785 e. The van der Waals surface area contributed by atoms with Crippen LogP contribution in [-0.4, -0.2) is 12.7 Å². The summed E-state index contributed by atoms with van der Waals surface area (Å²) in [5, 5.41) is 0. The van der Waals surface area contributed by atoms with E-state index in [0.29, 0.717) is 6.10 Å². The van der Waals surface area contributed by atoms with Crippen molar-refractivity contribution in [3.63, 3.8) is 0 Å². The van der Waals surface area contributed by atoms with Crippen molar-refractivity contribution in [2.45, 2.75) is 77.2 Å². The van der Waals surface area contributed by atoms with Crippen LogP contribution in [0.1, 0.15) is 71.1 Å². The lowest BCUT2D eigenvalue weighted by Crippen LogP contribution is -2.27. The second kappa shape index (κ2) is 7.20. The maximum Gasteiger partial charge on any atom is 0.0785 e. The van der Waals surface area contributed by atoms with Crippen LogP contribution in [0.25, 0.3) is 0 Å². The lowest BCUT2D eigenvalue weighted by atomic mass is 9.90. The van der Waals surface area contributed by atoms with E-state index >= 15 is 0 Å². The molecule has 98 valence electrons. The van der Waals surface area contributed by atoms with Gasteiger partial charge in [-0.3, -0.25) is 0 Å². The minimum atomic E-state index is 0.464. The van der Waals surface area contributed by atoms with Gasteiger partial charge in [-0.25, -0.2) is 0 Å². The molecular formula is C16H28O. The lowest BCUT2D eigenvalue weighted by Gasteiger charge is -2.30. The zero-order valence-electron chi connectivity index (χ0n) is 11.4. The van der Waals surface area contributed by atoms with Gasteiger partial charge in [0.2, 0.25) is 0 Å². The van der Waals surface area contributed by atoms with Crippen molar-refractivity contribution in [3.05, 3.63) is 11.6 Å². The van der Waals surface area contributed by atoms with Crippen molar-refractivity contribution in [2.75, 3.05) is 6.61 Å². The average molecular weight is 236 g/mol. The summed E-state index contributed by atoms with van der Waals surface area (Å²) in [6.45, 7) is 3.29. The first kappa shape index (κ1) is 13.1. The summed E-state index contributed by atoms with van der Waals surface area (Å²) in [5.74, 6) is 0.727. The van der Waals surface area contributed by atoms with Gasteiger partial charge >= 0.3 is 0 Å². The molecule has 1 aliphatic heterocycles. The minimum Gasteiger partial charge on any atom is -0.374 e. The molecule has 1 aliphatic carbocycles. The summed E-state index contributed by atoms with van der Waals surface area (Å²) in [5.41, 5.74) is 1.62. The first-order valence-electron chi connectivity index (χ1n) is 7.67. The predicted octanol–water partition coefficient (Wildman–Crippen LogP) is 4.86. The molecule has 0 aromatic rings. The van der Waals surface area contributed by atoms with Crippen molar-refractivity contribution in [3.8, 4) is 0 Å². The zero-order chi connectivity index (χ0) is 11.9. The van der Waals surface area contributed by atoms with Gasteiger partial charge in [0.1, 0.15) is 0 Å². The summed E-state index contributed by atoms with van der Waals surface area (Å²) in [6.07, 6.45) is 16.7. The fourth-order valence-corrected chi connectivity index (χ4v) is 3.11. The fourth-order valence-electron chi connectivity index (χ4n) is 3.11. The summed E-state index contributed by atoms with van der Waals surface area (Å²) in [4.78, 5) is 0. The topological polar surface area (TPSA) is 9.23 Å². The average Bonchev–Trinajstić information content (AvgIpc) is 2.31. The highest BCUT2D eigenvalue weighted by atomic mass is 16.5. The Morgan fingerprint density at radius 3 is 2.53 bits per heavy atom. The van der Waals surface area contributed by atoms with Crippen LogP contribution < -0.4 is 0 Å². The van der Waals surface area contributed by atoms with Gasteiger partial charge in [-0.1, -0.05) is 51.5 Å². The van der Waals surface area contributed by atoms with Crippen molar-refractivity contribution in [1.82, 2.24) is 0 Å². The van der Waals surface area contributed by atoms with Gasteiger partial charge in [0, 0.05) is 0 Å². The molecule has 2 aliphatic rings. The molecule has 17 heavy (non-hydrogen) atoms. The Hall–Kier alpha value is -0.300. The highest BCUT2D eigenvalue weighted by molar-refractivity contribution is 5.11. The van der Waals surface area contributed by atoms with Gasteiger partial charge < -0.3 is 4.74 Å². The monoisotopic (exact) mass is 236 g/mol. The molecule has 0 amide bonds. The molecule has 1 heterocycles. The number of fused-ring (bicyclic) bond motifs is 1. The molecule has 1 fully saturated rings. The van der Waals surface area contributed by atoms with Crippen molar-refractivity contribution < 1.29 is 4.74 Å². The predicted molar refractivity (Wildman–Crippen MR) is 73.2 cm³/mol. The van der Waals surface area contributed by atoms with E-state index in [1.807, 2.05) is 0 Å². The summed E-state index contributed by atoms with van der Waals surface area (Å²) in [6, 6.07) is 0. The van der Waals surface area contributed by atoms with Gasteiger partial charge in [0.25, 0.3) is 0 Å². The molecule has 1 heteroatoms. The summed E-state index contributed by atoms with van der Waals surface area (Å²) >= 11 is 0. The van der Waals surface area contributed by atoms with Crippen molar-refractivity contribution in [2.24, 2.45) is 5.92 Å². The van der Waals surface area contributed by atoms with E-state index in [4.69, 9.17) is 4.74 Å². The van der Waals surface area contributed by atoms with E-state index in [2.05, 4.69) is 13.0 Å². The molecule has 0 N–H and O–H groups in total. The van der Waals surface area contributed by atoms with E-state index in [0.717, 1.165) is 12.5 Å². The van der Waals surface area contributed by atoms with Crippen molar-refractivity contribution in [1.29, 1.82) is 0 Å². The van der Waals surface area contributed by atoms with E-state index < -0.39 is 0 Å². The van der Waals surface area contributed by atoms with Crippen LogP contribution >= 0.6 is 0 Å². The normalized spacial score (nSPS) is 35.9. The molecular weight excluding hydrogens is 208 g/mol. The number of ether oxygens (including phenoxy) is 1. The molecule has 0 radical (unpaired) electrons. The van der Waals surface area contributed by atoms with Crippen LogP contribution in [0.3, 0.4) is 0 Å². The zero-order valence-corrected chi connectivity index (χ0v) is 11.4. The standard InChI is InChI=1S/C16H28O/c1-14-12-15-10-8-6-4-2-3-5-7-9-11-16(15)17-13-14/h10,14,16H,2-9,11-13H2,1H3/b15-10-. The number of rotatable bonds is 0. The molecule has 1 nitrogen and oxygen atoms in total. The molecule has 0 aromatic heterocycles. The van der Waals surface area contributed by atoms with Gasteiger partial charge in [-0.05, 0) is 37.2 Å². The van der Waals surface area contributed by atoms with Crippen LogP contribution in [0.2, 0.25) is 0 Å². The van der Waals surface area contributed by atoms with Crippen LogP contribution in [0, 0.1) is 5.92 Å². The van der Waals surface area contributed by atoms with Crippen LogP contribution in [-0.2, 0) is 4.74 Å². The van der Waals surface area contributed by atoms with E-state index in [-0.39, 0.29) is 0 Å². The third kappa shape index (κ3) is 4.46. The van der Waals surface area contributed by atoms with Gasteiger partial charge in [-0.15, -0.1) is 0 Å². The molecule has 2 rings (SSSR count). The summed E-state index contributed by atoms with van der Waals surface area (Å²) < 4.78 is 6.03. The molecule has 1 saturated heterocycles. The Kier molecular flexibility index (Phi) is 5.57. The highest BCUT2D eigenvalue weighted by Crippen LogP contribution is 2.29. The molecule has 2 atom stereocenters. The van der Waals surface area contributed by atoms with Gasteiger partial charge in [0.15, 0.2) is 0 Å². The Labute approximate surface area is 107 Å². The first-order chi connectivity index (χ1) is 8.36. The molecule has 0 saturated carbocycles. The number of hydrogen-bond donors (Lipinski definition) is 0. The molecule has 2 unspecified atom stereocenters. The third-order valence-electron chi connectivity index (χ3n) is 4.16. The van der Waals surface area contributed by atoms with E-state index in [1.54, 1.807) is 5.57 Å². The van der Waals surface area contributed by atoms with Gasteiger partial charge in [0.05, 0.1) is 12.7 Å². The van der Waals surface area contributed by atoms with E-state index in [1.165, 1.54) is 64.2 Å². The maximum absolute atomic E-state index is 6.03. The Morgan fingerprint density at radius 1 is 1.00 bits per heavy atom. The largest absolute Gasteiger partial charge is 0.374 e. The summed E-state index contributed by atoms with van der Waals surface area (Å²) in [7, 11) is 0. The Morgan fingerprint density at radius 2 is 1.71 bits per heavy atom. The van der Waals surface area contributed by atoms with Crippen LogP contribution in [0.15, 0.2) is 11.6 Å². The minimum absolute atomic E-state index is 0.464. The second-order valence-electron chi connectivity index (χ2n) is 5.96. The van der Waals surface area contributed by atoms with Gasteiger partial charge in [-0.2, -0.15) is 0 Å². The van der Waals surface area contributed by atoms with E-state index in [9.17, 15) is 0 Å². The number of allylic oxidation sites excluding steroid dienone is 1. The first-order valence-corrected chi connectivity index (χ1v) is 7.67. The van der Waals surface area contributed by atoms with Crippen LogP contribution in [0.5, 0.6) is 0 Å².